The molecule has 1 atom stereocenters. The molecule has 0 N–H and O–H groups in total. The molecule has 4 aromatic rings. The molecule has 0 saturated carbocycles. The van der Waals surface area contributed by atoms with Crippen molar-refractivity contribution in [3.63, 3.8) is 0 Å². The van der Waals surface area contributed by atoms with Crippen molar-refractivity contribution in [1.82, 2.24) is 19.2 Å². The molecule has 152 valence electrons. The number of halogens is 1. The second kappa shape index (κ2) is 7.87. The molecular formula is C22H19FN4O2S. The number of fused-ring (bicyclic) bond motifs is 1. The zero-order valence-corrected chi connectivity index (χ0v) is 17.5. The highest BCUT2D eigenvalue weighted by Crippen LogP contribution is 2.25. The maximum atomic E-state index is 13.2. The second-order valence-electron chi connectivity index (χ2n) is 7.05. The summed E-state index contributed by atoms with van der Waals surface area (Å²) in [4.78, 5) is 25.6. The van der Waals surface area contributed by atoms with Crippen LogP contribution in [0.1, 0.15) is 28.4 Å². The van der Waals surface area contributed by atoms with E-state index in [1.54, 1.807) is 16.8 Å². The van der Waals surface area contributed by atoms with Crippen molar-refractivity contribution < 1.29 is 9.18 Å². The molecule has 0 aliphatic carbocycles. The lowest BCUT2D eigenvalue weighted by molar-refractivity contribution is 0.0993. The molecule has 8 heteroatoms. The van der Waals surface area contributed by atoms with Gasteiger partial charge in [0.15, 0.2) is 10.9 Å². The summed E-state index contributed by atoms with van der Waals surface area (Å²) in [5, 5.41) is 8.16. The zero-order chi connectivity index (χ0) is 21.4. The van der Waals surface area contributed by atoms with Gasteiger partial charge in [0.05, 0.1) is 5.25 Å². The largest absolute Gasteiger partial charge is 0.300 e. The summed E-state index contributed by atoms with van der Waals surface area (Å²) in [6.07, 6.45) is 3.24. The molecule has 2 aromatic carbocycles. The molecule has 6 nitrogen and oxygen atoms in total. The number of hydrogen-bond donors (Lipinski definition) is 0. The lowest BCUT2D eigenvalue weighted by Crippen LogP contribution is -2.20. The number of aryl methyl sites for hydroxylation is 2. The Kier molecular flexibility index (Phi) is 5.26. The van der Waals surface area contributed by atoms with Gasteiger partial charge in [-0.3, -0.25) is 18.6 Å². The molecule has 2 heterocycles. The summed E-state index contributed by atoms with van der Waals surface area (Å²) < 4.78 is 16.1. The maximum Gasteiger partial charge on any atom is 0.300 e. The van der Waals surface area contributed by atoms with Crippen LogP contribution in [-0.4, -0.2) is 30.2 Å². The average Bonchev–Trinajstić information content (AvgIpc) is 3.14. The van der Waals surface area contributed by atoms with Crippen LogP contribution in [-0.2, 0) is 0 Å². The van der Waals surface area contributed by atoms with Crippen LogP contribution < -0.4 is 5.56 Å². The summed E-state index contributed by atoms with van der Waals surface area (Å²) in [5.41, 5.74) is 3.12. The third-order valence-electron chi connectivity index (χ3n) is 4.99. The van der Waals surface area contributed by atoms with E-state index in [2.05, 4.69) is 10.2 Å². The summed E-state index contributed by atoms with van der Waals surface area (Å²) in [6.45, 7) is 5.79. The highest BCUT2D eigenvalue weighted by Gasteiger charge is 2.21. The van der Waals surface area contributed by atoms with Crippen LogP contribution in [0, 0.1) is 19.7 Å². The van der Waals surface area contributed by atoms with Crippen molar-refractivity contribution in [2.75, 3.05) is 0 Å². The van der Waals surface area contributed by atoms with E-state index in [4.69, 9.17) is 0 Å². The topological polar surface area (TPSA) is 69.3 Å². The molecule has 0 radical (unpaired) electrons. The minimum absolute atomic E-state index is 0.0143. The molecule has 0 bridgehead atoms. The predicted molar refractivity (Wildman–Crippen MR) is 114 cm³/mol. The van der Waals surface area contributed by atoms with Gasteiger partial charge in [-0.15, -0.1) is 10.2 Å². The van der Waals surface area contributed by atoms with Crippen LogP contribution in [0.5, 0.6) is 0 Å². The third-order valence-corrected chi connectivity index (χ3v) is 6.04. The van der Waals surface area contributed by atoms with Crippen LogP contribution in [0.2, 0.25) is 0 Å². The first-order valence-corrected chi connectivity index (χ1v) is 10.2. The average molecular weight is 422 g/mol. The van der Waals surface area contributed by atoms with Gasteiger partial charge in [-0.1, -0.05) is 23.9 Å². The quantitative estimate of drug-likeness (QED) is 0.359. The number of carbonyl (C=O) groups excluding carboxylic acids is 1. The van der Waals surface area contributed by atoms with Crippen LogP contribution in [0.25, 0.3) is 11.3 Å². The molecule has 30 heavy (non-hydrogen) atoms. The van der Waals surface area contributed by atoms with Gasteiger partial charge in [0.25, 0.3) is 0 Å². The van der Waals surface area contributed by atoms with Crippen molar-refractivity contribution in [3.8, 4) is 5.69 Å². The summed E-state index contributed by atoms with van der Waals surface area (Å²) in [5.74, 6) is -0.393. The van der Waals surface area contributed by atoms with Gasteiger partial charge in [0.2, 0.25) is 5.65 Å². The fourth-order valence-corrected chi connectivity index (χ4v) is 4.00. The smallest absolute Gasteiger partial charge is 0.293 e. The number of ketones is 1. The van der Waals surface area contributed by atoms with Crippen molar-refractivity contribution >= 4 is 23.2 Å². The molecule has 0 fully saturated rings. The van der Waals surface area contributed by atoms with Gasteiger partial charge in [-0.05, 0) is 62.2 Å². The normalized spacial score (nSPS) is 12.3. The lowest BCUT2D eigenvalue weighted by Gasteiger charge is -2.11. The lowest BCUT2D eigenvalue weighted by atomic mass is 10.0. The molecule has 0 saturated heterocycles. The number of hydrogen-bond acceptors (Lipinski definition) is 5. The second-order valence-corrected chi connectivity index (χ2v) is 8.36. The number of rotatable bonds is 5. The number of nitrogens with zero attached hydrogens (tertiary/aromatic N) is 4. The number of aromatic nitrogens is 4. The van der Waals surface area contributed by atoms with E-state index in [0.717, 1.165) is 11.1 Å². The molecule has 0 unspecified atom stereocenters. The first-order chi connectivity index (χ1) is 14.3. The van der Waals surface area contributed by atoms with Crippen molar-refractivity contribution in [3.05, 3.63) is 87.7 Å². The number of carbonyl (C=O) groups is 1. The molecule has 0 aliphatic heterocycles. The Morgan fingerprint density at radius 2 is 1.77 bits per heavy atom. The van der Waals surface area contributed by atoms with E-state index in [9.17, 15) is 14.0 Å². The maximum absolute atomic E-state index is 13.2. The van der Waals surface area contributed by atoms with Gasteiger partial charge in [-0.2, -0.15) is 0 Å². The van der Waals surface area contributed by atoms with E-state index >= 15 is 0 Å². The Morgan fingerprint density at radius 3 is 2.47 bits per heavy atom. The molecule has 0 aliphatic rings. The van der Waals surface area contributed by atoms with Crippen molar-refractivity contribution in [2.24, 2.45) is 0 Å². The SMILES string of the molecule is Cc1ccc(C(=O)[C@H](C)Sc2nnc3c(=O)n(-c4ccc(F)cc4)ccn23)cc1C. The van der Waals surface area contributed by atoms with Crippen LogP contribution in [0.3, 0.4) is 0 Å². The summed E-state index contributed by atoms with van der Waals surface area (Å²) in [6, 6.07) is 11.3. The van der Waals surface area contributed by atoms with E-state index in [-0.39, 0.29) is 22.8 Å². The summed E-state index contributed by atoms with van der Waals surface area (Å²) in [7, 11) is 0. The molecule has 4 rings (SSSR count). The molecule has 0 amide bonds. The number of benzene rings is 2. The monoisotopic (exact) mass is 422 g/mol. The predicted octanol–water partition coefficient (Wildman–Crippen LogP) is 4.00. The standard InChI is InChI=1S/C22H19FN4O2S/c1-13-4-5-16(12-14(13)2)19(28)15(3)30-22-25-24-20-21(29)26(10-11-27(20)22)18-8-6-17(23)7-9-18/h4-12,15H,1-3H3/t15-/m0/s1. The van der Waals surface area contributed by atoms with Gasteiger partial charge < -0.3 is 0 Å². The Bertz CT molecular complexity index is 1310. The highest BCUT2D eigenvalue weighted by atomic mass is 32.2. The fourth-order valence-electron chi connectivity index (χ4n) is 3.09. The minimum atomic E-state index is -0.404. The molecule has 2 aromatic heterocycles. The Labute approximate surface area is 176 Å². The van der Waals surface area contributed by atoms with Crippen LogP contribution in [0.15, 0.2) is 64.8 Å². The fraction of sp³-hybridized carbons (Fsp3) is 0.182. The number of thioether (sulfide) groups is 1. The highest BCUT2D eigenvalue weighted by molar-refractivity contribution is 8.00. The minimum Gasteiger partial charge on any atom is -0.293 e. The Hall–Kier alpha value is -3.26. The van der Waals surface area contributed by atoms with Gasteiger partial charge in [0.1, 0.15) is 5.82 Å². The molecule has 0 spiro atoms. The van der Waals surface area contributed by atoms with Gasteiger partial charge in [-0.25, -0.2) is 4.39 Å². The number of Topliss-reactive ketones (excluding diaryl/α,β-unsaturated/α-hetero) is 1. The van der Waals surface area contributed by atoms with E-state index in [1.807, 2.05) is 39.0 Å². The van der Waals surface area contributed by atoms with Crippen molar-refractivity contribution in [1.29, 1.82) is 0 Å². The Balaban J connectivity index is 1.63. The van der Waals surface area contributed by atoms with Crippen LogP contribution in [0.4, 0.5) is 4.39 Å². The van der Waals surface area contributed by atoms with E-state index in [1.165, 1.54) is 40.6 Å². The zero-order valence-electron chi connectivity index (χ0n) is 16.7. The van der Waals surface area contributed by atoms with E-state index in [0.29, 0.717) is 16.4 Å². The molecular weight excluding hydrogens is 403 g/mol. The first kappa shape index (κ1) is 20.0. The summed E-state index contributed by atoms with van der Waals surface area (Å²) >= 11 is 1.25. The van der Waals surface area contributed by atoms with Gasteiger partial charge in [0, 0.05) is 23.6 Å². The van der Waals surface area contributed by atoms with Crippen LogP contribution >= 0.6 is 11.8 Å². The first-order valence-electron chi connectivity index (χ1n) is 9.35. The third kappa shape index (κ3) is 3.66. The Morgan fingerprint density at radius 1 is 1.03 bits per heavy atom. The van der Waals surface area contributed by atoms with E-state index < -0.39 is 5.25 Å². The van der Waals surface area contributed by atoms with Gasteiger partial charge >= 0.3 is 5.56 Å². The van der Waals surface area contributed by atoms with Crippen molar-refractivity contribution in [2.45, 2.75) is 31.2 Å².